The normalized spacial score (nSPS) is 12.2. The molecule has 0 bridgehead atoms. The summed E-state index contributed by atoms with van der Waals surface area (Å²) in [4.78, 5) is 27.2. The van der Waals surface area contributed by atoms with Gasteiger partial charge in [0.2, 0.25) is 5.91 Å². The van der Waals surface area contributed by atoms with Gasteiger partial charge in [-0.1, -0.05) is 36.4 Å². The van der Waals surface area contributed by atoms with Gasteiger partial charge < -0.3 is 15.0 Å². The van der Waals surface area contributed by atoms with E-state index in [-0.39, 0.29) is 24.1 Å². The lowest BCUT2D eigenvalue weighted by molar-refractivity contribution is -0.122. The van der Waals surface area contributed by atoms with E-state index in [0.29, 0.717) is 17.6 Å². The van der Waals surface area contributed by atoms with Gasteiger partial charge in [-0.25, -0.2) is 4.68 Å². The van der Waals surface area contributed by atoms with E-state index in [1.807, 2.05) is 68.4 Å². The number of fused-ring (bicyclic) bond motifs is 1. The molecule has 2 aromatic carbocycles. The minimum absolute atomic E-state index is 0.0712. The van der Waals surface area contributed by atoms with Crippen LogP contribution >= 0.6 is 0 Å². The third-order valence-corrected chi connectivity index (χ3v) is 4.96. The number of hydrogen-bond acceptors (Lipinski definition) is 5. The van der Waals surface area contributed by atoms with Gasteiger partial charge in [0.25, 0.3) is 5.56 Å². The largest absolute Gasteiger partial charge is 0.496 e. The molecule has 1 atom stereocenters. The molecule has 0 aliphatic heterocycles. The van der Waals surface area contributed by atoms with E-state index in [4.69, 9.17) is 4.74 Å². The lowest BCUT2D eigenvalue weighted by Gasteiger charge is -2.26. The molecule has 0 unspecified atom stereocenters. The van der Waals surface area contributed by atoms with Crippen LogP contribution in [0.2, 0.25) is 0 Å². The third kappa shape index (κ3) is 4.46. The number of aryl methyl sites for hydroxylation is 1. The van der Waals surface area contributed by atoms with Crippen molar-refractivity contribution in [2.75, 3.05) is 27.7 Å². The van der Waals surface area contributed by atoms with Crippen molar-refractivity contribution in [3.05, 3.63) is 70.1 Å². The second-order valence-electron chi connectivity index (χ2n) is 7.12. The smallest absolute Gasteiger partial charge is 0.275 e. The fraction of sp³-hybridized carbons (Fsp3) is 0.318. The monoisotopic (exact) mass is 394 g/mol. The molecule has 0 saturated carbocycles. The van der Waals surface area contributed by atoms with E-state index >= 15 is 0 Å². The van der Waals surface area contributed by atoms with Gasteiger partial charge in [-0.05, 0) is 33.2 Å². The lowest BCUT2D eigenvalue weighted by Crippen LogP contribution is -2.38. The first-order chi connectivity index (χ1) is 13.9. The summed E-state index contributed by atoms with van der Waals surface area (Å²) in [6.07, 6.45) is 0. The number of carbonyl (C=O) groups excluding carboxylic acids is 1. The van der Waals surface area contributed by atoms with E-state index < -0.39 is 0 Å². The number of para-hydroxylation sites is 1. The van der Waals surface area contributed by atoms with E-state index in [2.05, 4.69) is 10.4 Å². The SMILES string of the molecule is COc1ccccc1[C@@H](CNC(=O)Cn1nc(C)c2ccccc2c1=O)N(C)C. The van der Waals surface area contributed by atoms with Crippen LogP contribution in [-0.2, 0) is 11.3 Å². The first kappa shape index (κ1) is 20.5. The second kappa shape index (κ2) is 8.87. The third-order valence-electron chi connectivity index (χ3n) is 4.96. The molecule has 0 radical (unpaired) electrons. The molecule has 0 aliphatic rings. The van der Waals surface area contributed by atoms with Gasteiger partial charge in [-0.15, -0.1) is 0 Å². The number of carbonyl (C=O) groups is 1. The summed E-state index contributed by atoms with van der Waals surface area (Å²) < 4.78 is 6.68. The number of nitrogens with one attached hydrogen (secondary N) is 1. The van der Waals surface area contributed by atoms with Crippen LogP contribution in [0, 0.1) is 6.92 Å². The van der Waals surface area contributed by atoms with E-state index in [9.17, 15) is 9.59 Å². The van der Waals surface area contributed by atoms with Crippen LogP contribution in [-0.4, -0.2) is 48.3 Å². The maximum Gasteiger partial charge on any atom is 0.275 e. The molecular formula is C22H26N4O3. The van der Waals surface area contributed by atoms with Gasteiger partial charge in [0.1, 0.15) is 12.3 Å². The number of benzene rings is 2. The summed E-state index contributed by atoms with van der Waals surface area (Å²) in [6, 6.07) is 14.9. The number of rotatable bonds is 7. The maximum atomic E-state index is 12.7. The molecule has 1 N–H and O–H groups in total. The van der Waals surface area contributed by atoms with Gasteiger partial charge in [0.05, 0.1) is 24.2 Å². The van der Waals surface area contributed by atoms with Crippen LogP contribution in [0.1, 0.15) is 17.3 Å². The molecule has 1 aromatic heterocycles. The Labute approximate surface area is 169 Å². The highest BCUT2D eigenvalue weighted by molar-refractivity contribution is 5.83. The minimum Gasteiger partial charge on any atom is -0.496 e. The van der Waals surface area contributed by atoms with Crippen molar-refractivity contribution < 1.29 is 9.53 Å². The van der Waals surface area contributed by atoms with Crippen LogP contribution in [0.4, 0.5) is 0 Å². The van der Waals surface area contributed by atoms with Crippen molar-refractivity contribution in [2.24, 2.45) is 0 Å². The van der Waals surface area contributed by atoms with Crippen LogP contribution < -0.4 is 15.6 Å². The zero-order valence-corrected chi connectivity index (χ0v) is 17.2. The molecule has 0 spiro atoms. The summed E-state index contributed by atoms with van der Waals surface area (Å²) in [5.74, 6) is 0.500. The van der Waals surface area contributed by atoms with Crippen LogP contribution in [0.15, 0.2) is 53.3 Å². The maximum absolute atomic E-state index is 12.7. The average Bonchev–Trinajstić information content (AvgIpc) is 2.72. The Morgan fingerprint density at radius 3 is 2.48 bits per heavy atom. The number of amides is 1. The molecule has 0 saturated heterocycles. The van der Waals surface area contributed by atoms with E-state index in [1.54, 1.807) is 13.2 Å². The van der Waals surface area contributed by atoms with Crippen molar-refractivity contribution >= 4 is 16.7 Å². The Balaban J connectivity index is 1.76. The highest BCUT2D eigenvalue weighted by Gasteiger charge is 2.19. The molecule has 3 rings (SSSR count). The summed E-state index contributed by atoms with van der Waals surface area (Å²) in [5.41, 5.74) is 1.43. The molecule has 1 amide bonds. The molecule has 7 heteroatoms. The molecule has 3 aromatic rings. The van der Waals surface area contributed by atoms with Gasteiger partial charge in [0.15, 0.2) is 0 Å². The van der Waals surface area contributed by atoms with Crippen molar-refractivity contribution in [1.82, 2.24) is 20.0 Å². The Bertz CT molecular complexity index is 1080. The van der Waals surface area contributed by atoms with E-state index in [0.717, 1.165) is 16.7 Å². The fourth-order valence-electron chi connectivity index (χ4n) is 3.43. The zero-order valence-electron chi connectivity index (χ0n) is 17.2. The Morgan fingerprint density at radius 2 is 1.79 bits per heavy atom. The number of methoxy groups -OCH3 is 1. The number of ether oxygens (including phenoxy) is 1. The molecule has 0 fully saturated rings. The quantitative estimate of drug-likeness (QED) is 0.664. The standard InChI is InChI=1S/C22H26N4O3/c1-15-16-9-5-6-10-17(16)22(28)26(24-15)14-21(27)23-13-19(25(2)3)18-11-7-8-12-20(18)29-4/h5-12,19H,13-14H2,1-4H3,(H,23,27)/t19-/m1/s1. The summed E-state index contributed by atoms with van der Waals surface area (Å²) in [6.45, 7) is 2.09. The Hall–Kier alpha value is -3.19. The highest BCUT2D eigenvalue weighted by atomic mass is 16.5. The van der Waals surface area contributed by atoms with Crippen LogP contribution in [0.5, 0.6) is 5.75 Å². The van der Waals surface area contributed by atoms with Crippen LogP contribution in [0.3, 0.4) is 0 Å². The summed E-state index contributed by atoms with van der Waals surface area (Å²) in [5, 5.41) is 8.59. The predicted molar refractivity (Wildman–Crippen MR) is 113 cm³/mol. The predicted octanol–water partition coefficient (Wildman–Crippen LogP) is 2.13. The zero-order chi connectivity index (χ0) is 21.0. The average molecular weight is 394 g/mol. The number of likely N-dealkylation sites (N-methyl/N-ethyl adjacent to an activating group) is 1. The molecular weight excluding hydrogens is 368 g/mol. The first-order valence-corrected chi connectivity index (χ1v) is 9.45. The van der Waals surface area contributed by atoms with Crippen molar-refractivity contribution in [2.45, 2.75) is 19.5 Å². The number of aromatic nitrogens is 2. The van der Waals surface area contributed by atoms with Crippen LogP contribution in [0.25, 0.3) is 10.8 Å². The molecule has 1 heterocycles. The Morgan fingerprint density at radius 1 is 1.14 bits per heavy atom. The van der Waals surface area contributed by atoms with Gasteiger partial charge in [-0.3, -0.25) is 9.59 Å². The van der Waals surface area contributed by atoms with Gasteiger partial charge in [-0.2, -0.15) is 5.10 Å². The fourth-order valence-corrected chi connectivity index (χ4v) is 3.43. The highest BCUT2D eigenvalue weighted by Crippen LogP contribution is 2.27. The van der Waals surface area contributed by atoms with Gasteiger partial charge >= 0.3 is 0 Å². The Kier molecular flexibility index (Phi) is 6.29. The van der Waals surface area contributed by atoms with Gasteiger partial charge in [0, 0.05) is 17.5 Å². The molecule has 7 nitrogen and oxygen atoms in total. The summed E-state index contributed by atoms with van der Waals surface area (Å²) in [7, 11) is 5.52. The topological polar surface area (TPSA) is 76.5 Å². The first-order valence-electron chi connectivity index (χ1n) is 9.45. The molecule has 152 valence electrons. The van der Waals surface area contributed by atoms with Crippen molar-refractivity contribution in [3.8, 4) is 5.75 Å². The molecule has 29 heavy (non-hydrogen) atoms. The number of hydrogen-bond donors (Lipinski definition) is 1. The lowest BCUT2D eigenvalue weighted by atomic mass is 10.0. The number of nitrogens with zero attached hydrogens (tertiary/aromatic N) is 3. The van der Waals surface area contributed by atoms with Crippen molar-refractivity contribution in [1.29, 1.82) is 0 Å². The molecule has 0 aliphatic carbocycles. The second-order valence-corrected chi connectivity index (χ2v) is 7.12. The summed E-state index contributed by atoms with van der Waals surface area (Å²) >= 11 is 0. The minimum atomic E-state index is -0.268. The van der Waals surface area contributed by atoms with E-state index in [1.165, 1.54) is 4.68 Å². The van der Waals surface area contributed by atoms with Crippen molar-refractivity contribution in [3.63, 3.8) is 0 Å².